The first kappa shape index (κ1) is 34.2. The Morgan fingerprint density at radius 3 is 2.36 bits per heavy atom. The molecule has 0 spiro atoms. The lowest BCUT2D eigenvalue weighted by Gasteiger charge is -2.43. The number of ether oxygens (including phenoxy) is 1. The summed E-state index contributed by atoms with van der Waals surface area (Å²) >= 11 is 1.88. The van der Waals surface area contributed by atoms with Crippen LogP contribution in [0.15, 0.2) is 60.1 Å². The Hall–Kier alpha value is -3.64. The van der Waals surface area contributed by atoms with E-state index in [1.165, 1.54) is 28.0 Å². The first-order valence-electron chi connectivity index (χ1n) is 15.1. The Morgan fingerprint density at radius 1 is 1.04 bits per heavy atom. The van der Waals surface area contributed by atoms with E-state index in [-0.39, 0.29) is 17.1 Å². The van der Waals surface area contributed by atoms with Gasteiger partial charge in [0.25, 0.3) is 0 Å². The highest BCUT2D eigenvalue weighted by atomic mass is 32.1. The number of aromatic nitrogens is 1. The zero-order valence-electron chi connectivity index (χ0n) is 25.9. The van der Waals surface area contributed by atoms with Crippen LogP contribution in [-0.2, 0) is 37.5 Å². The molecule has 4 N–H and O–H groups in total. The minimum atomic E-state index is -2.74. The van der Waals surface area contributed by atoms with Gasteiger partial charge in [0.15, 0.2) is 5.60 Å². The molecule has 0 aliphatic carbocycles. The highest BCUT2D eigenvalue weighted by molar-refractivity contribution is 7.09. The van der Waals surface area contributed by atoms with Crippen LogP contribution in [0.2, 0.25) is 0 Å². The van der Waals surface area contributed by atoms with Crippen molar-refractivity contribution < 1.29 is 39.5 Å². The summed E-state index contributed by atoms with van der Waals surface area (Å²) in [5.74, 6) is -5.02. The van der Waals surface area contributed by atoms with E-state index >= 15 is 0 Å². The fraction of sp³-hybridized carbons (Fsp3) is 0.471. The minimum Gasteiger partial charge on any atom is -0.481 e. The van der Waals surface area contributed by atoms with Gasteiger partial charge in [-0.25, -0.2) is 4.79 Å². The van der Waals surface area contributed by atoms with Crippen molar-refractivity contribution in [3.05, 3.63) is 87.4 Å². The molecule has 0 amide bonds. The third kappa shape index (κ3) is 8.15. The lowest BCUT2D eigenvalue weighted by Crippen LogP contribution is -2.43. The molecule has 1 aromatic carbocycles. The number of carboxylic acid groups (broad SMARTS) is 3. The first-order chi connectivity index (χ1) is 21.3. The molecule has 242 valence electrons. The second-order valence-corrected chi connectivity index (χ2v) is 13.6. The molecule has 0 saturated carbocycles. The number of likely N-dealkylation sites (tertiary alicyclic amines) is 1. The molecule has 45 heavy (non-hydrogen) atoms. The van der Waals surface area contributed by atoms with E-state index in [2.05, 4.69) is 90.8 Å². The molecule has 0 radical (unpaired) electrons. The van der Waals surface area contributed by atoms with Crippen LogP contribution in [0.4, 0.5) is 0 Å². The molecular weight excluding hydrogens is 596 g/mol. The number of nitrogens with zero attached hydrogens (tertiary/aromatic N) is 2. The Morgan fingerprint density at radius 2 is 1.76 bits per heavy atom. The monoisotopic (exact) mass is 638 g/mol. The smallest absolute Gasteiger partial charge is 0.336 e. The molecule has 4 heterocycles. The van der Waals surface area contributed by atoms with Crippen molar-refractivity contribution in [3.8, 4) is 0 Å². The summed E-state index contributed by atoms with van der Waals surface area (Å²) in [4.78, 5) is 39.2. The molecule has 2 atom stereocenters. The lowest BCUT2D eigenvalue weighted by atomic mass is 9.72. The van der Waals surface area contributed by atoms with E-state index in [1.54, 1.807) is 0 Å². The maximum atomic E-state index is 10.3. The predicted octanol–water partition coefficient (Wildman–Crippen LogP) is 5.08. The van der Waals surface area contributed by atoms with Gasteiger partial charge in [-0.1, -0.05) is 36.4 Å². The molecule has 10 nitrogen and oxygen atoms in total. The number of pyridine rings is 1. The molecule has 1 fully saturated rings. The average molecular weight is 639 g/mol. The van der Waals surface area contributed by atoms with Crippen molar-refractivity contribution in [2.24, 2.45) is 5.41 Å². The van der Waals surface area contributed by atoms with Gasteiger partial charge >= 0.3 is 17.9 Å². The van der Waals surface area contributed by atoms with Crippen LogP contribution in [0, 0.1) is 12.3 Å². The van der Waals surface area contributed by atoms with Gasteiger partial charge in [-0.2, -0.15) is 0 Å². The van der Waals surface area contributed by atoms with E-state index in [0.29, 0.717) is 0 Å². The van der Waals surface area contributed by atoms with Gasteiger partial charge in [0.1, 0.15) is 0 Å². The van der Waals surface area contributed by atoms with E-state index in [0.717, 1.165) is 44.7 Å². The second kappa shape index (κ2) is 14.2. The highest BCUT2D eigenvalue weighted by Gasteiger charge is 2.50. The number of fused-ring (bicyclic) bond motifs is 1. The van der Waals surface area contributed by atoms with Gasteiger partial charge in [-0.15, -0.1) is 11.3 Å². The van der Waals surface area contributed by atoms with Crippen LogP contribution in [0.3, 0.4) is 0 Å². The third-order valence-electron chi connectivity index (χ3n) is 9.08. The fourth-order valence-corrected chi connectivity index (χ4v) is 7.09. The van der Waals surface area contributed by atoms with Gasteiger partial charge in [-0.3, -0.25) is 19.5 Å². The van der Waals surface area contributed by atoms with Crippen molar-refractivity contribution in [2.45, 2.75) is 76.5 Å². The molecule has 3 aromatic rings. The van der Waals surface area contributed by atoms with Gasteiger partial charge in [-0.05, 0) is 87.2 Å². The maximum Gasteiger partial charge on any atom is 0.336 e. The number of rotatable bonds is 11. The second-order valence-electron chi connectivity index (χ2n) is 12.5. The zero-order valence-corrected chi connectivity index (χ0v) is 26.8. The molecule has 0 bridgehead atoms. The van der Waals surface area contributed by atoms with E-state index in [4.69, 9.17) is 25.2 Å². The number of aliphatic carboxylic acids is 3. The van der Waals surface area contributed by atoms with Crippen LogP contribution >= 0.6 is 11.3 Å². The number of aryl methyl sites for hydroxylation is 2. The standard InChI is InChI=1S/C28H34N2OS.C6H8O7/c1-21-10-11-23(19-29-21)27(2,3)30-16-15-28(20-30,14-12-24-8-6-18-32-24)26-25-9-5-4-7-22(25)13-17-31-26;7-3(8)1-6(13,5(11)12)2-4(9)10/h4-11,18-19,26H,12-17,20H2,1-3H3;13H,1-2H2,(H,7,8)(H,9,10)(H,11,12)/t26-,28+;/m0./s1. The summed E-state index contributed by atoms with van der Waals surface area (Å²) in [6.07, 6.45) is 4.42. The van der Waals surface area contributed by atoms with Crippen molar-refractivity contribution in [3.63, 3.8) is 0 Å². The molecule has 5 rings (SSSR count). The van der Waals surface area contributed by atoms with Crippen LogP contribution in [0.5, 0.6) is 0 Å². The SMILES string of the molecule is Cc1ccc(C(C)(C)N2CC[C@@](CCc3cccs3)([C@H]3OCCc4ccccc43)C2)cn1.O=C(O)CC(O)(CC(=O)O)C(=O)O. The van der Waals surface area contributed by atoms with Crippen molar-refractivity contribution >= 4 is 29.2 Å². The Bertz CT molecular complexity index is 1460. The molecule has 11 heteroatoms. The van der Waals surface area contributed by atoms with Crippen LogP contribution < -0.4 is 0 Å². The number of hydrogen-bond acceptors (Lipinski definition) is 8. The van der Waals surface area contributed by atoms with Gasteiger partial charge in [0.2, 0.25) is 0 Å². The van der Waals surface area contributed by atoms with Gasteiger partial charge in [0.05, 0.1) is 25.6 Å². The van der Waals surface area contributed by atoms with Crippen molar-refractivity contribution in [2.75, 3.05) is 19.7 Å². The zero-order chi connectivity index (χ0) is 32.8. The fourth-order valence-electron chi connectivity index (χ4n) is 6.38. The van der Waals surface area contributed by atoms with E-state index in [9.17, 15) is 14.4 Å². The van der Waals surface area contributed by atoms with Crippen LogP contribution in [0.25, 0.3) is 0 Å². The normalized spacial score (nSPS) is 20.1. The summed E-state index contributed by atoms with van der Waals surface area (Å²) in [6.45, 7) is 9.73. The lowest BCUT2D eigenvalue weighted by molar-refractivity contribution is -0.170. The highest BCUT2D eigenvalue weighted by Crippen LogP contribution is 2.52. The number of thiophene rings is 1. The topological polar surface area (TPSA) is 157 Å². The Labute approximate surface area is 267 Å². The summed E-state index contributed by atoms with van der Waals surface area (Å²) < 4.78 is 6.61. The Kier molecular flexibility index (Phi) is 10.8. The minimum absolute atomic E-state index is 0.0560. The number of aliphatic hydroxyl groups is 1. The van der Waals surface area contributed by atoms with Crippen molar-refractivity contribution in [1.82, 2.24) is 9.88 Å². The molecular formula is C34H42N2O8S. The quantitative estimate of drug-likeness (QED) is 0.223. The van der Waals surface area contributed by atoms with E-state index in [1.807, 2.05) is 11.3 Å². The summed E-state index contributed by atoms with van der Waals surface area (Å²) in [5.41, 5.74) is 2.58. The molecule has 2 aliphatic rings. The van der Waals surface area contributed by atoms with Gasteiger partial charge < -0.3 is 25.2 Å². The van der Waals surface area contributed by atoms with Gasteiger partial charge in [0, 0.05) is 34.3 Å². The van der Waals surface area contributed by atoms with E-state index < -0.39 is 36.4 Å². The first-order valence-corrected chi connectivity index (χ1v) is 15.9. The summed E-state index contributed by atoms with van der Waals surface area (Å²) in [7, 11) is 0. The van der Waals surface area contributed by atoms with Crippen molar-refractivity contribution in [1.29, 1.82) is 0 Å². The number of carbonyl (C=O) groups is 3. The molecule has 2 aromatic heterocycles. The average Bonchev–Trinajstić information content (AvgIpc) is 3.67. The largest absolute Gasteiger partial charge is 0.481 e. The number of carboxylic acids is 3. The number of benzene rings is 1. The molecule has 1 saturated heterocycles. The summed E-state index contributed by atoms with van der Waals surface area (Å²) in [6, 6.07) is 17.8. The van der Waals surface area contributed by atoms with Crippen LogP contribution in [0.1, 0.15) is 72.9 Å². The maximum absolute atomic E-state index is 10.3. The van der Waals surface area contributed by atoms with Crippen LogP contribution in [-0.4, -0.2) is 73.5 Å². The number of hydrogen-bond donors (Lipinski definition) is 4. The third-order valence-corrected chi connectivity index (χ3v) is 10.0. The molecule has 0 unspecified atom stereocenters. The predicted molar refractivity (Wildman–Crippen MR) is 169 cm³/mol. The Balaban J connectivity index is 0.000000302. The molecule has 2 aliphatic heterocycles. The summed E-state index contributed by atoms with van der Waals surface area (Å²) in [5, 5.41) is 36.0.